The number of carbonyl (C=O) groups excluding carboxylic acids is 2. The average Bonchev–Trinajstić information content (AvgIpc) is 3.38. The van der Waals surface area contributed by atoms with Gasteiger partial charge in [-0.25, -0.2) is 0 Å². The Bertz CT molecular complexity index is 985. The molecular weight excluding hydrogens is 501 g/mol. The minimum atomic E-state index is -4.55. The first-order chi connectivity index (χ1) is 18.2. The normalized spacial score (nSPS) is 18.4. The highest BCUT2D eigenvalue weighted by molar-refractivity contribution is 5.91. The van der Waals surface area contributed by atoms with Gasteiger partial charge in [0.15, 0.2) is 12.2 Å². The molecule has 0 radical (unpaired) electrons. The van der Waals surface area contributed by atoms with E-state index in [0.717, 1.165) is 11.1 Å². The fourth-order valence-electron chi connectivity index (χ4n) is 4.07. The van der Waals surface area contributed by atoms with Crippen LogP contribution in [0, 0.1) is 0 Å². The highest BCUT2D eigenvalue weighted by Crippen LogP contribution is 2.23. The topological polar surface area (TPSA) is 105 Å². The lowest BCUT2D eigenvalue weighted by Gasteiger charge is -2.26. The van der Waals surface area contributed by atoms with Crippen molar-refractivity contribution in [1.82, 2.24) is 15.1 Å². The Balaban J connectivity index is 0.00000247. The first kappa shape index (κ1) is 31.0. The maximum atomic E-state index is 13.4. The molecule has 2 atom stereocenters. The molecule has 0 aliphatic carbocycles. The Hall–Kier alpha value is -3.18. The molecule has 0 aromatic heterocycles. The number of hydrogen-bond donors (Lipinski definition) is 3. The van der Waals surface area contributed by atoms with E-state index in [9.17, 15) is 33.0 Å². The van der Waals surface area contributed by atoms with Crippen LogP contribution in [-0.4, -0.2) is 82.2 Å². The fourth-order valence-corrected chi connectivity index (χ4v) is 4.07. The van der Waals surface area contributed by atoms with Crippen LogP contribution in [-0.2, 0) is 22.7 Å². The SMILES string of the molecule is CC.O=C(NCCCCCN1C/C=C\C=C/CN=C1C(F)(F)F)[C@H](O)[C@@H](O)C(=O)N1Cc2ccccc2C1. The molecule has 11 heteroatoms. The molecule has 38 heavy (non-hydrogen) atoms. The number of nitrogens with one attached hydrogen (secondary N) is 1. The number of nitrogens with zero attached hydrogens (tertiary/aromatic N) is 3. The molecule has 0 fully saturated rings. The minimum Gasteiger partial charge on any atom is -0.380 e. The van der Waals surface area contributed by atoms with E-state index in [1.165, 1.54) is 9.80 Å². The lowest BCUT2D eigenvalue weighted by molar-refractivity contribution is -0.153. The molecule has 2 aliphatic rings. The standard InChI is InChI=1S/C25H31F3N4O4.C2H6/c26-25(27,28)24-30-13-6-1-2-8-14-31(24)15-9-3-7-12-29-22(35)20(33)21(34)23(36)32-16-18-10-4-5-11-19(18)17-32;1-2/h1-2,4-6,8,10-11,20-21,33-34H,3,7,9,12-17H2,(H,29,35);1-2H3/b6-1-,8-2-,30-24?;/t20-,21-;/m1./s1. The van der Waals surface area contributed by atoms with E-state index in [4.69, 9.17) is 0 Å². The van der Waals surface area contributed by atoms with Gasteiger partial charge in [-0.1, -0.05) is 62.4 Å². The predicted molar refractivity (Wildman–Crippen MR) is 139 cm³/mol. The van der Waals surface area contributed by atoms with E-state index in [2.05, 4.69) is 10.3 Å². The van der Waals surface area contributed by atoms with Crippen LogP contribution in [0.2, 0.25) is 0 Å². The second-order valence-corrected chi connectivity index (χ2v) is 8.67. The molecule has 2 heterocycles. The van der Waals surface area contributed by atoms with Crippen LogP contribution in [0.4, 0.5) is 13.2 Å². The lowest BCUT2D eigenvalue weighted by atomic mass is 10.1. The van der Waals surface area contributed by atoms with Gasteiger partial charge in [0.05, 0.1) is 6.54 Å². The summed E-state index contributed by atoms with van der Waals surface area (Å²) in [6, 6.07) is 7.44. The number of rotatable bonds is 9. The molecule has 210 valence electrons. The third kappa shape index (κ3) is 8.98. The van der Waals surface area contributed by atoms with Crippen LogP contribution >= 0.6 is 0 Å². The molecule has 0 bridgehead atoms. The zero-order valence-corrected chi connectivity index (χ0v) is 21.8. The number of allylic oxidation sites excluding steroid dienone is 2. The van der Waals surface area contributed by atoms with Gasteiger partial charge in [0.1, 0.15) is 0 Å². The number of hydrogen-bond acceptors (Lipinski definition) is 6. The summed E-state index contributed by atoms with van der Waals surface area (Å²) < 4.78 is 40.1. The van der Waals surface area contributed by atoms with E-state index < -0.39 is 36.0 Å². The smallest absolute Gasteiger partial charge is 0.380 e. The summed E-state index contributed by atoms with van der Waals surface area (Å²) in [5, 5.41) is 22.8. The van der Waals surface area contributed by atoms with Gasteiger partial charge < -0.3 is 25.3 Å². The third-order valence-electron chi connectivity index (χ3n) is 5.99. The van der Waals surface area contributed by atoms with Gasteiger partial charge in [-0.05, 0) is 30.4 Å². The average molecular weight is 539 g/mol. The summed E-state index contributed by atoms with van der Waals surface area (Å²) in [5.74, 6) is -2.52. The number of aliphatic hydroxyl groups is 2. The molecular formula is C27H37F3N4O4. The number of aliphatic imine (C=N–C) groups is 1. The van der Waals surface area contributed by atoms with Crippen molar-refractivity contribution >= 4 is 17.6 Å². The van der Waals surface area contributed by atoms with Gasteiger partial charge in [-0.3, -0.25) is 14.6 Å². The van der Waals surface area contributed by atoms with Crippen LogP contribution in [0.1, 0.15) is 44.2 Å². The fraction of sp³-hybridized carbons (Fsp3) is 0.519. The summed E-state index contributed by atoms with van der Waals surface area (Å²) in [6.07, 6.45) is -0.416. The molecule has 3 N–H and O–H groups in total. The number of amides is 2. The predicted octanol–water partition coefficient (Wildman–Crippen LogP) is 2.95. The van der Waals surface area contributed by atoms with Crippen LogP contribution < -0.4 is 5.32 Å². The van der Waals surface area contributed by atoms with E-state index in [1.807, 2.05) is 38.1 Å². The minimum absolute atomic E-state index is 0.0525. The van der Waals surface area contributed by atoms with Crippen molar-refractivity contribution in [3.8, 4) is 0 Å². The monoisotopic (exact) mass is 538 g/mol. The Kier molecular flexibility index (Phi) is 12.5. The van der Waals surface area contributed by atoms with E-state index in [-0.39, 0.29) is 26.2 Å². The quantitative estimate of drug-likeness (QED) is 0.420. The Labute approximate surface area is 221 Å². The van der Waals surface area contributed by atoms with Crippen LogP contribution in [0.15, 0.2) is 53.6 Å². The number of unbranched alkanes of at least 4 members (excludes halogenated alkanes) is 2. The van der Waals surface area contributed by atoms with E-state index in [0.29, 0.717) is 32.4 Å². The molecule has 0 spiro atoms. The van der Waals surface area contributed by atoms with Crippen LogP contribution in [0.5, 0.6) is 0 Å². The number of carbonyl (C=O) groups is 2. The molecule has 8 nitrogen and oxygen atoms in total. The summed E-state index contributed by atoms with van der Waals surface area (Å²) in [4.78, 5) is 31.0. The maximum absolute atomic E-state index is 13.4. The largest absolute Gasteiger partial charge is 0.449 e. The van der Waals surface area contributed by atoms with Crippen molar-refractivity contribution in [2.45, 2.75) is 64.6 Å². The Morgan fingerprint density at radius 2 is 1.63 bits per heavy atom. The van der Waals surface area contributed by atoms with Crippen molar-refractivity contribution in [2.75, 3.05) is 26.2 Å². The van der Waals surface area contributed by atoms with Crippen molar-refractivity contribution < 1.29 is 33.0 Å². The number of benzene rings is 1. The van der Waals surface area contributed by atoms with Crippen molar-refractivity contribution in [1.29, 1.82) is 0 Å². The summed E-state index contributed by atoms with van der Waals surface area (Å²) >= 11 is 0. The van der Waals surface area contributed by atoms with Gasteiger partial charge in [0, 0.05) is 32.7 Å². The highest BCUT2D eigenvalue weighted by atomic mass is 19.4. The summed E-state index contributed by atoms with van der Waals surface area (Å²) in [6.45, 7) is 4.92. The van der Waals surface area contributed by atoms with Gasteiger partial charge in [-0.15, -0.1) is 0 Å². The summed E-state index contributed by atoms with van der Waals surface area (Å²) in [7, 11) is 0. The van der Waals surface area contributed by atoms with Crippen molar-refractivity contribution in [3.63, 3.8) is 0 Å². The third-order valence-corrected chi connectivity index (χ3v) is 5.99. The van der Waals surface area contributed by atoms with Crippen LogP contribution in [0.25, 0.3) is 0 Å². The van der Waals surface area contributed by atoms with Crippen LogP contribution in [0.3, 0.4) is 0 Å². The number of aliphatic hydroxyl groups excluding tert-OH is 2. The molecule has 0 saturated carbocycles. The van der Waals surface area contributed by atoms with E-state index in [1.54, 1.807) is 24.3 Å². The van der Waals surface area contributed by atoms with E-state index >= 15 is 0 Å². The lowest BCUT2D eigenvalue weighted by Crippen LogP contribution is -2.49. The number of amidine groups is 1. The second kappa shape index (κ2) is 15.3. The van der Waals surface area contributed by atoms with Crippen molar-refractivity contribution in [2.24, 2.45) is 4.99 Å². The first-order valence-corrected chi connectivity index (χ1v) is 12.9. The second-order valence-electron chi connectivity index (χ2n) is 8.67. The zero-order chi connectivity index (χ0) is 28.1. The van der Waals surface area contributed by atoms with Gasteiger partial charge in [-0.2, -0.15) is 13.2 Å². The summed E-state index contributed by atoms with van der Waals surface area (Å²) in [5.41, 5.74) is 1.90. The van der Waals surface area contributed by atoms with Gasteiger partial charge >= 0.3 is 6.18 Å². The molecule has 2 amide bonds. The Morgan fingerprint density at radius 1 is 1.00 bits per heavy atom. The molecule has 0 saturated heterocycles. The molecule has 0 unspecified atom stereocenters. The molecule has 2 aliphatic heterocycles. The maximum Gasteiger partial charge on any atom is 0.449 e. The molecule has 1 aromatic carbocycles. The molecule has 3 rings (SSSR count). The molecule has 1 aromatic rings. The van der Waals surface area contributed by atoms with Gasteiger partial charge in [0.2, 0.25) is 5.84 Å². The zero-order valence-electron chi connectivity index (χ0n) is 21.8. The van der Waals surface area contributed by atoms with Crippen molar-refractivity contribution in [3.05, 3.63) is 59.7 Å². The highest BCUT2D eigenvalue weighted by Gasteiger charge is 2.39. The number of fused-ring (bicyclic) bond motifs is 1. The number of halogens is 3. The number of alkyl halides is 3. The van der Waals surface area contributed by atoms with Gasteiger partial charge in [0.25, 0.3) is 11.8 Å². The Morgan fingerprint density at radius 3 is 2.26 bits per heavy atom. The first-order valence-electron chi connectivity index (χ1n) is 12.9.